The van der Waals surface area contributed by atoms with Gasteiger partial charge in [-0.15, -0.1) is 0 Å². The molecule has 0 amide bonds. The van der Waals surface area contributed by atoms with Gasteiger partial charge >= 0.3 is 5.97 Å². The number of esters is 1. The molecule has 0 bridgehead atoms. The molecule has 0 heterocycles. The molecule has 0 aliphatic rings. The van der Waals surface area contributed by atoms with Gasteiger partial charge in [-0.3, -0.25) is 0 Å². The molecule has 0 aliphatic carbocycles. The highest BCUT2D eigenvalue weighted by atomic mass is 35.5. The van der Waals surface area contributed by atoms with Crippen molar-refractivity contribution in [2.45, 2.75) is 20.0 Å². The highest BCUT2D eigenvalue weighted by Gasteiger charge is 2.14. The van der Waals surface area contributed by atoms with E-state index >= 15 is 0 Å². The summed E-state index contributed by atoms with van der Waals surface area (Å²) in [4.78, 5) is 16.2. The van der Waals surface area contributed by atoms with Gasteiger partial charge in [-0.25, -0.2) is 4.79 Å². The Kier molecular flexibility index (Phi) is 5.49. The van der Waals surface area contributed by atoms with Crippen LogP contribution in [0.4, 0.5) is 0 Å². The van der Waals surface area contributed by atoms with Crippen LogP contribution in [-0.2, 0) is 14.4 Å². The molecule has 0 spiro atoms. The second-order valence-corrected chi connectivity index (χ2v) is 3.66. The molecule has 0 N–H and O–H groups in total. The Morgan fingerprint density at radius 3 is 2.88 bits per heavy atom. The number of nitrogens with zero attached hydrogens (tertiary/aromatic N) is 1. The van der Waals surface area contributed by atoms with E-state index in [2.05, 4.69) is 5.16 Å². The van der Waals surface area contributed by atoms with Crippen LogP contribution in [0, 0.1) is 0 Å². The van der Waals surface area contributed by atoms with Crippen LogP contribution in [0.2, 0.25) is 5.02 Å². The van der Waals surface area contributed by atoms with Crippen LogP contribution in [0.5, 0.6) is 0 Å². The predicted molar refractivity (Wildman–Crippen MR) is 66.2 cm³/mol. The van der Waals surface area contributed by atoms with Gasteiger partial charge in [0.2, 0.25) is 6.10 Å². The largest absolute Gasteiger partial charge is 0.463 e. The zero-order chi connectivity index (χ0) is 12.7. The van der Waals surface area contributed by atoms with E-state index in [9.17, 15) is 4.79 Å². The Balaban J connectivity index is 2.51. The molecule has 0 aromatic heterocycles. The van der Waals surface area contributed by atoms with Gasteiger partial charge in [0.1, 0.15) is 0 Å². The Labute approximate surface area is 105 Å². The van der Waals surface area contributed by atoms with E-state index in [0.717, 1.165) is 5.56 Å². The van der Waals surface area contributed by atoms with Crippen LogP contribution in [-0.4, -0.2) is 24.9 Å². The lowest BCUT2D eigenvalue weighted by molar-refractivity contribution is -0.155. The summed E-state index contributed by atoms with van der Waals surface area (Å²) in [6.45, 7) is 3.63. The van der Waals surface area contributed by atoms with E-state index in [1.54, 1.807) is 26.0 Å². The van der Waals surface area contributed by atoms with Crippen molar-refractivity contribution < 1.29 is 14.4 Å². The third-order valence-electron chi connectivity index (χ3n) is 1.93. The SMILES string of the molecule is CCOC(=O)C(C)ON=Cc1ccccc1Cl. The van der Waals surface area contributed by atoms with E-state index < -0.39 is 12.1 Å². The Bertz CT molecular complexity index is 406. The molecule has 0 fully saturated rings. The third-order valence-corrected chi connectivity index (χ3v) is 2.28. The summed E-state index contributed by atoms with van der Waals surface area (Å²) in [6.07, 6.45) is 0.728. The molecular formula is C12H14ClNO3. The van der Waals surface area contributed by atoms with Gasteiger partial charge in [-0.1, -0.05) is 35.0 Å². The molecule has 1 aromatic carbocycles. The first-order chi connectivity index (χ1) is 8.15. The first-order valence-corrected chi connectivity index (χ1v) is 5.63. The Hall–Kier alpha value is -1.55. The smallest absolute Gasteiger partial charge is 0.349 e. The molecule has 5 heteroatoms. The molecule has 1 unspecified atom stereocenters. The van der Waals surface area contributed by atoms with Gasteiger partial charge < -0.3 is 9.57 Å². The summed E-state index contributed by atoms with van der Waals surface area (Å²) in [5.74, 6) is -0.441. The van der Waals surface area contributed by atoms with E-state index in [1.165, 1.54) is 6.21 Å². The average Bonchev–Trinajstić information content (AvgIpc) is 2.31. The highest BCUT2D eigenvalue weighted by molar-refractivity contribution is 6.33. The molecule has 1 rings (SSSR count). The maximum absolute atomic E-state index is 11.2. The normalized spacial score (nSPS) is 12.4. The standard InChI is InChI=1S/C12H14ClNO3/c1-3-16-12(15)9(2)17-14-8-10-6-4-5-7-11(10)13/h4-9H,3H2,1-2H3. The lowest BCUT2D eigenvalue weighted by Crippen LogP contribution is -2.21. The molecule has 17 heavy (non-hydrogen) atoms. The minimum atomic E-state index is -0.728. The number of hydrogen-bond donors (Lipinski definition) is 0. The maximum Gasteiger partial charge on any atom is 0.349 e. The van der Waals surface area contributed by atoms with E-state index in [0.29, 0.717) is 11.6 Å². The molecule has 0 radical (unpaired) electrons. The Morgan fingerprint density at radius 1 is 1.53 bits per heavy atom. The maximum atomic E-state index is 11.2. The zero-order valence-electron chi connectivity index (χ0n) is 9.72. The number of rotatable bonds is 5. The fourth-order valence-corrected chi connectivity index (χ4v) is 1.25. The average molecular weight is 256 g/mol. The summed E-state index contributed by atoms with van der Waals surface area (Å²) in [5, 5.41) is 4.27. The number of carbonyl (C=O) groups is 1. The number of oxime groups is 1. The fourth-order valence-electron chi connectivity index (χ4n) is 1.06. The quantitative estimate of drug-likeness (QED) is 0.462. The van der Waals surface area contributed by atoms with E-state index in [-0.39, 0.29) is 0 Å². The van der Waals surface area contributed by atoms with Gasteiger partial charge in [0.25, 0.3) is 0 Å². The van der Waals surface area contributed by atoms with Crippen LogP contribution in [0.15, 0.2) is 29.4 Å². The van der Waals surface area contributed by atoms with Gasteiger partial charge in [-0.2, -0.15) is 0 Å². The lowest BCUT2D eigenvalue weighted by atomic mass is 10.2. The van der Waals surface area contributed by atoms with Gasteiger partial charge in [0, 0.05) is 10.6 Å². The van der Waals surface area contributed by atoms with Crippen LogP contribution in [0.1, 0.15) is 19.4 Å². The van der Waals surface area contributed by atoms with Crippen molar-refractivity contribution in [3.8, 4) is 0 Å². The third kappa shape index (κ3) is 4.44. The van der Waals surface area contributed by atoms with Gasteiger partial charge in [0.05, 0.1) is 12.8 Å². The second kappa shape index (κ2) is 6.91. The van der Waals surface area contributed by atoms with Crippen molar-refractivity contribution in [3.63, 3.8) is 0 Å². The predicted octanol–water partition coefficient (Wildman–Crippen LogP) is 2.64. The molecule has 1 aromatic rings. The van der Waals surface area contributed by atoms with Crippen molar-refractivity contribution in [2.24, 2.45) is 5.16 Å². The number of halogens is 1. The highest BCUT2D eigenvalue weighted by Crippen LogP contribution is 2.12. The molecular weight excluding hydrogens is 242 g/mol. The van der Waals surface area contributed by atoms with Gasteiger partial charge in [-0.05, 0) is 19.9 Å². The number of benzene rings is 1. The molecule has 1 atom stereocenters. The van der Waals surface area contributed by atoms with Crippen molar-refractivity contribution in [1.29, 1.82) is 0 Å². The number of carbonyl (C=O) groups excluding carboxylic acids is 1. The minimum absolute atomic E-state index is 0.320. The van der Waals surface area contributed by atoms with E-state index in [1.807, 2.05) is 12.1 Å². The Morgan fingerprint density at radius 2 is 2.24 bits per heavy atom. The zero-order valence-corrected chi connectivity index (χ0v) is 10.5. The molecule has 0 aliphatic heterocycles. The van der Waals surface area contributed by atoms with Crippen molar-refractivity contribution in [2.75, 3.05) is 6.61 Å². The van der Waals surface area contributed by atoms with Crippen molar-refractivity contribution in [3.05, 3.63) is 34.9 Å². The summed E-state index contributed by atoms with van der Waals surface area (Å²) in [7, 11) is 0. The molecule has 0 saturated heterocycles. The van der Waals surface area contributed by atoms with E-state index in [4.69, 9.17) is 21.2 Å². The second-order valence-electron chi connectivity index (χ2n) is 3.26. The first-order valence-electron chi connectivity index (χ1n) is 5.25. The first kappa shape index (κ1) is 13.5. The molecule has 4 nitrogen and oxygen atoms in total. The van der Waals surface area contributed by atoms with Crippen LogP contribution < -0.4 is 0 Å². The summed E-state index contributed by atoms with van der Waals surface area (Å²) in [6, 6.07) is 7.20. The van der Waals surface area contributed by atoms with Crippen molar-refractivity contribution >= 4 is 23.8 Å². The molecule has 0 saturated carbocycles. The van der Waals surface area contributed by atoms with Crippen LogP contribution in [0.25, 0.3) is 0 Å². The summed E-state index contributed by atoms with van der Waals surface area (Å²) < 4.78 is 4.77. The summed E-state index contributed by atoms with van der Waals surface area (Å²) >= 11 is 5.91. The lowest BCUT2D eigenvalue weighted by Gasteiger charge is -2.07. The minimum Gasteiger partial charge on any atom is -0.463 e. The number of hydrogen-bond acceptors (Lipinski definition) is 4. The monoisotopic (exact) mass is 255 g/mol. The van der Waals surface area contributed by atoms with Crippen LogP contribution >= 0.6 is 11.6 Å². The van der Waals surface area contributed by atoms with Gasteiger partial charge in [0.15, 0.2) is 0 Å². The topological polar surface area (TPSA) is 47.9 Å². The fraction of sp³-hybridized carbons (Fsp3) is 0.333. The number of ether oxygens (including phenoxy) is 1. The van der Waals surface area contributed by atoms with Crippen molar-refractivity contribution in [1.82, 2.24) is 0 Å². The molecule has 92 valence electrons. The summed E-state index contributed by atoms with van der Waals surface area (Å²) in [5.41, 5.74) is 0.727. The van der Waals surface area contributed by atoms with Crippen LogP contribution in [0.3, 0.4) is 0 Å².